The molecular weight excluding hydrogens is 248 g/mol. The van der Waals surface area contributed by atoms with Gasteiger partial charge in [0.15, 0.2) is 0 Å². The number of nitrogens with one attached hydrogen (secondary N) is 1. The van der Waals surface area contributed by atoms with Gasteiger partial charge in [0.2, 0.25) is 0 Å². The van der Waals surface area contributed by atoms with E-state index < -0.39 is 0 Å². The predicted molar refractivity (Wildman–Crippen MR) is 85.1 cm³/mol. The molecule has 1 rings (SSSR count). The zero-order valence-electron chi connectivity index (χ0n) is 14.1. The summed E-state index contributed by atoms with van der Waals surface area (Å²) in [6.07, 6.45) is 1.89. The highest BCUT2D eigenvalue weighted by atomic mass is 16.5. The summed E-state index contributed by atoms with van der Waals surface area (Å²) in [5, 5.41) is 3.56. The van der Waals surface area contributed by atoms with Crippen LogP contribution in [0.15, 0.2) is 6.20 Å². The summed E-state index contributed by atoms with van der Waals surface area (Å²) in [5.74, 6) is 3.05. The van der Waals surface area contributed by atoms with Crippen molar-refractivity contribution in [1.29, 1.82) is 0 Å². The number of ether oxygens (including phenoxy) is 1. The van der Waals surface area contributed by atoms with Crippen molar-refractivity contribution in [2.24, 2.45) is 17.8 Å². The van der Waals surface area contributed by atoms with Crippen LogP contribution in [-0.4, -0.2) is 18.6 Å². The Hall–Kier alpha value is -1.09. The van der Waals surface area contributed by atoms with E-state index in [0.29, 0.717) is 17.8 Å². The third kappa shape index (κ3) is 4.20. The number of pyridine rings is 1. The second-order valence-corrected chi connectivity index (χ2v) is 6.33. The van der Waals surface area contributed by atoms with Gasteiger partial charge in [-0.25, -0.2) is 0 Å². The lowest BCUT2D eigenvalue weighted by Crippen LogP contribution is -2.30. The summed E-state index contributed by atoms with van der Waals surface area (Å²) in [6, 6.07) is 0. The highest BCUT2D eigenvalue weighted by molar-refractivity contribution is 5.40. The molecule has 0 unspecified atom stereocenters. The van der Waals surface area contributed by atoms with E-state index in [9.17, 15) is 0 Å². The van der Waals surface area contributed by atoms with Crippen LogP contribution in [0.2, 0.25) is 0 Å². The summed E-state index contributed by atoms with van der Waals surface area (Å²) in [4.78, 5) is 4.53. The van der Waals surface area contributed by atoms with E-state index in [2.05, 4.69) is 44.9 Å². The topological polar surface area (TPSA) is 34.1 Å². The van der Waals surface area contributed by atoms with Crippen molar-refractivity contribution in [3.63, 3.8) is 0 Å². The van der Waals surface area contributed by atoms with Gasteiger partial charge in [-0.3, -0.25) is 4.98 Å². The van der Waals surface area contributed by atoms with Gasteiger partial charge in [0.25, 0.3) is 0 Å². The van der Waals surface area contributed by atoms with Crippen molar-refractivity contribution in [1.82, 2.24) is 10.3 Å². The van der Waals surface area contributed by atoms with E-state index in [1.807, 2.05) is 13.1 Å². The Bertz CT molecular complexity index is 419. The van der Waals surface area contributed by atoms with Gasteiger partial charge in [0.05, 0.1) is 12.8 Å². The number of aromatic nitrogens is 1. The quantitative estimate of drug-likeness (QED) is 0.825. The van der Waals surface area contributed by atoms with Gasteiger partial charge in [-0.15, -0.1) is 0 Å². The third-order valence-electron chi connectivity index (χ3n) is 4.13. The molecule has 0 aliphatic carbocycles. The zero-order chi connectivity index (χ0) is 15.3. The molecule has 0 spiro atoms. The number of nitrogens with zero attached hydrogens (tertiary/aromatic N) is 1. The third-order valence-corrected chi connectivity index (χ3v) is 4.13. The fourth-order valence-corrected chi connectivity index (χ4v) is 2.85. The van der Waals surface area contributed by atoms with Crippen LogP contribution >= 0.6 is 0 Å². The standard InChI is InChI=1S/C17H30N2O/c1-11(2)15(12(3)4)9-18-10-16-14(6)17(20-7)13(5)8-19-16/h8,11-12,15,18H,9-10H2,1-7H3. The van der Waals surface area contributed by atoms with Crippen molar-refractivity contribution < 1.29 is 4.74 Å². The van der Waals surface area contributed by atoms with E-state index in [1.54, 1.807) is 7.11 Å². The second-order valence-electron chi connectivity index (χ2n) is 6.33. The monoisotopic (exact) mass is 278 g/mol. The van der Waals surface area contributed by atoms with Gasteiger partial charge < -0.3 is 10.1 Å². The van der Waals surface area contributed by atoms with Crippen LogP contribution in [0.4, 0.5) is 0 Å². The highest BCUT2D eigenvalue weighted by Gasteiger charge is 2.17. The molecule has 114 valence electrons. The van der Waals surface area contributed by atoms with Crippen LogP contribution in [0, 0.1) is 31.6 Å². The molecular formula is C17H30N2O. The van der Waals surface area contributed by atoms with Crippen molar-refractivity contribution >= 4 is 0 Å². The Morgan fingerprint density at radius 3 is 2.25 bits per heavy atom. The van der Waals surface area contributed by atoms with Crippen molar-refractivity contribution in [2.75, 3.05) is 13.7 Å². The average Bonchev–Trinajstić information content (AvgIpc) is 2.36. The van der Waals surface area contributed by atoms with Crippen LogP contribution in [0.1, 0.15) is 44.5 Å². The van der Waals surface area contributed by atoms with E-state index in [1.165, 1.54) is 0 Å². The Morgan fingerprint density at radius 1 is 1.15 bits per heavy atom. The van der Waals surface area contributed by atoms with Gasteiger partial charge in [0.1, 0.15) is 5.75 Å². The summed E-state index contributed by atoms with van der Waals surface area (Å²) < 4.78 is 5.45. The molecule has 0 saturated carbocycles. The molecule has 0 saturated heterocycles. The number of aryl methyl sites for hydroxylation is 1. The summed E-state index contributed by atoms with van der Waals surface area (Å²) in [5.41, 5.74) is 3.32. The van der Waals surface area contributed by atoms with Crippen molar-refractivity contribution in [3.8, 4) is 5.75 Å². The summed E-state index contributed by atoms with van der Waals surface area (Å²) in [6.45, 7) is 15.1. The molecule has 1 heterocycles. The number of rotatable bonds is 7. The maximum Gasteiger partial charge on any atom is 0.128 e. The Kier molecular flexibility index (Phi) is 6.47. The fraction of sp³-hybridized carbons (Fsp3) is 0.706. The first-order valence-corrected chi connectivity index (χ1v) is 7.58. The van der Waals surface area contributed by atoms with E-state index >= 15 is 0 Å². The zero-order valence-corrected chi connectivity index (χ0v) is 14.1. The van der Waals surface area contributed by atoms with Gasteiger partial charge in [-0.2, -0.15) is 0 Å². The first-order chi connectivity index (χ1) is 9.38. The molecule has 0 aromatic carbocycles. The lowest BCUT2D eigenvalue weighted by molar-refractivity contribution is 0.275. The first-order valence-electron chi connectivity index (χ1n) is 7.58. The fourth-order valence-electron chi connectivity index (χ4n) is 2.85. The minimum atomic E-state index is 0.697. The lowest BCUT2D eigenvalue weighted by atomic mass is 9.85. The van der Waals surface area contributed by atoms with E-state index in [0.717, 1.165) is 35.7 Å². The summed E-state index contributed by atoms with van der Waals surface area (Å²) in [7, 11) is 1.72. The molecule has 20 heavy (non-hydrogen) atoms. The van der Waals surface area contributed by atoms with Gasteiger partial charge in [-0.1, -0.05) is 27.7 Å². The van der Waals surface area contributed by atoms with E-state index in [4.69, 9.17) is 4.74 Å². The molecule has 3 heteroatoms. The van der Waals surface area contributed by atoms with Crippen LogP contribution in [0.3, 0.4) is 0 Å². The molecule has 0 amide bonds. The van der Waals surface area contributed by atoms with Gasteiger partial charge >= 0.3 is 0 Å². The number of hydrogen-bond acceptors (Lipinski definition) is 3. The minimum absolute atomic E-state index is 0.697. The molecule has 3 nitrogen and oxygen atoms in total. The maximum absolute atomic E-state index is 5.45. The minimum Gasteiger partial charge on any atom is -0.496 e. The largest absolute Gasteiger partial charge is 0.496 e. The summed E-state index contributed by atoms with van der Waals surface area (Å²) >= 11 is 0. The molecule has 1 aromatic heterocycles. The maximum atomic E-state index is 5.45. The SMILES string of the molecule is COc1c(C)cnc(CNCC(C(C)C)C(C)C)c1C. The molecule has 0 atom stereocenters. The average molecular weight is 278 g/mol. The predicted octanol–water partition coefficient (Wildman–Crippen LogP) is 3.72. The smallest absolute Gasteiger partial charge is 0.128 e. The Morgan fingerprint density at radius 2 is 1.75 bits per heavy atom. The van der Waals surface area contributed by atoms with E-state index in [-0.39, 0.29) is 0 Å². The molecule has 1 N–H and O–H groups in total. The van der Waals surface area contributed by atoms with Crippen molar-refractivity contribution in [2.45, 2.75) is 48.1 Å². The molecule has 0 radical (unpaired) electrons. The highest BCUT2D eigenvalue weighted by Crippen LogP contribution is 2.24. The number of methoxy groups -OCH3 is 1. The molecule has 1 aromatic rings. The normalized spacial score (nSPS) is 11.7. The molecule has 0 bridgehead atoms. The van der Waals surface area contributed by atoms with Crippen LogP contribution in [0.5, 0.6) is 5.75 Å². The Labute approximate surface area is 124 Å². The molecule has 0 aliphatic heterocycles. The van der Waals surface area contributed by atoms with Crippen LogP contribution in [-0.2, 0) is 6.54 Å². The second kappa shape index (κ2) is 7.63. The lowest BCUT2D eigenvalue weighted by Gasteiger charge is -2.25. The van der Waals surface area contributed by atoms with Crippen LogP contribution < -0.4 is 10.1 Å². The van der Waals surface area contributed by atoms with Crippen molar-refractivity contribution in [3.05, 3.63) is 23.0 Å². The van der Waals surface area contributed by atoms with Gasteiger partial charge in [0, 0.05) is 23.9 Å². The molecule has 0 aliphatic rings. The number of hydrogen-bond donors (Lipinski definition) is 1. The Balaban J connectivity index is 2.67. The molecule has 0 fully saturated rings. The first kappa shape index (κ1) is 17.0. The van der Waals surface area contributed by atoms with Gasteiger partial charge in [-0.05, 0) is 38.1 Å². The van der Waals surface area contributed by atoms with Crippen LogP contribution in [0.25, 0.3) is 0 Å².